The van der Waals surface area contributed by atoms with E-state index in [2.05, 4.69) is 10.2 Å². The molecule has 0 aliphatic heterocycles. The molecule has 21 heavy (non-hydrogen) atoms. The Kier molecular flexibility index (Phi) is 5.14. The van der Waals surface area contributed by atoms with Gasteiger partial charge in [-0.25, -0.2) is 8.42 Å². The molecule has 1 heterocycles. The topological polar surface area (TPSA) is 66.1 Å². The molecule has 0 spiro atoms. The molecule has 6 heteroatoms. The summed E-state index contributed by atoms with van der Waals surface area (Å²) in [5.41, 5.74) is 1.89. The fraction of sp³-hybridized carbons (Fsp3) is 0.400. The second kappa shape index (κ2) is 6.87. The minimum atomic E-state index is -3.40. The molecule has 2 rings (SSSR count). The van der Waals surface area contributed by atoms with Crippen LogP contribution in [0, 0.1) is 0 Å². The van der Waals surface area contributed by atoms with Gasteiger partial charge < -0.3 is 0 Å². The van der Waals surface area contributed by atoms with Crippen molar-refractivity contribution in [3.63, 3.8) is 0 Å². The maximum atomic E-state index is 12.6. The highest BCUT2D eigenvalue weighted by Gasteiger charge is 2.22. The fourth-order valence-electron chi connectivity index (χ4n) is 2.23. The number of benzene rings is 1. The van der Waals surface area contributed by atoms with Gasteiger partial charge in [-0.05, 0) is 30.5 Å². The number of rotatable bonds is 7. The zero-order chi connectivity index (χ0) is 15.3. The molecule has 0 unspecified atom stereocenters. The summed E-state index contributed by atoms with van der Waals surface area (Å²) in [5, 5.41) is 6.64. The number of aromatic nitrogens is 2. The van der Waals surface area contributed by atoms with Gasteiger partial charge in [0.15, 0.2) is 0 Å². The normalized spacial score (nSPS) is 12.0. The van der Waals surface area contributed by atoms with Gasteiger partial charge in [0.1, 0.15) is 0 Å². The molecule has 2 aromatic rings. The molecule has 0 radical (unpaired) electrons. The van der Waals surface area contributed by atoms with Gasteiger partial charge in [-0.1, -0.05) is 26.0 Å². The minimum Gasteiger partial charge on any atom is -0.285 e. The van der Waals surface area contributed by atoms with E-state index in [0.29, 0.717) is 18.0 Å². The quantitative estimate of drug-likeness (QED) is 0.855. The van der Waals surface area contributed by atoms with E-state index in [-0.39, 0.29) is 0 Å². The van der Waals surface area contributed by atoms with Crippen LogP contribution in [0.1, 0.15) is 26.7 Å². The van der Waals surface area contributed by atoms with Gasteiger partial charge in [-0.3, -0.25) is 5.10 Å². The molecule has 0 fully saturated rings. The van der Waals surface area contributed by atoms with E-state index in [1.807, 2.05) is 26.0 Å². The lowest BCUT2D eigenvalue weighted by molar-refractivity contribution is 0.410. The Hall–Kier alpha value is -1.66. The van der Waals surface area contributed by atoms with Gasteiger partial charge in [-0.15, -0.1) is 0 Å². The van der Waals surface area contributed by atoms with Crippen molar-refractivity contribution < 1.29 is 8.42 Å². The molecule has 1 aromatic carbocycles. The number of nitrogens with one attached hydrogen (secondary N) is 1. The summed E-state index contributed by atoms with van der Waals surface area (Å²) in [6.07, 6.45) is 5.12. The van der Waals surface area contributed by atoms with Crippen molar-refractivity contribution >= 4 is 10.0 Å². The van der Waals surface area contributed by atoms with Crippen LogP contribution in [-0.4, -0.2) is 36.0 Å². The van der Waals surface area contributed by atoms with Gasteiger partial charge in [0, 0.05) is 24.8 Å². The first-order valence-electron chi connectivity index (χ1n) is 7.19. The molecule has 0 aliphatic carbocycles. The third-order valence-electron chi connectivity index (χ3n) is 3.27. The molecule has 1 aromatic heterocycles. The smallest absolute Gasteiger partial charge is 0.243 e. The number of nitrogens with zero attached hydrogens (tertiary/aromatic N) is 2. The molecule has 0 saturated heterocycles. The maximum Gasteiger partial charge on any atom is 0.243 e. The summed E-state index contributed by atoms with van der Waals surface area (Å²) in [6, 6.07) is 6.95. The second-order valence-electron chi connectivity index (χ2n) is 4.92. The Morgan fingerprint density at radius 1 is 1.05 bits per heavy atom. The van der Waals surface area contributed by atoms with Gasteiger partial charge in [0.2, 0.25) is 10.0 Å². The highest BCUT2D eigenvalue weighted by Crippen LogP contribution is 2.22. The largest absolute Gasteiger partial charge is 0.285 e. The van der Waals surface area contributed by atoms with Crippen molar-refractivity contribution in [3.8, 4) is 11.1 Å². The van der Waals surface area contributed by atoms with Gasteiger partial charge in [0.25, 0.3) is 0 Å². The highest BCUT2D eigenvalue weighted by molar-refractivity contribution is 7.89. The van der Waals surface area contributed by atoms with E-state index in [4.69, 9.17) is 0 Å². The van der Waals surface area contributed by atoms with Crippen LogP contribution in [0.5, 0.6) is 0 Å². The van der Waals surface area contributed by atoms with E-state index < -0.39 is 10.0 Å². The number of hydrogen-bond donors (Lipinski definition) is 1. The number of sulfonamides is 1. The van der Waals surface area contributed by atoms with E-state index in [1.165, 1.54) is 0 Å². The maximum absolute atomic E-state index is 12.6. The Morgan fingerprint density at radius 2 is 1.67 bits per heavy atom. The first-order chi connectivity index (χ1) is 10.1. The van der Waals surface area contributed by atoms with Crippen LogP contribution in [0.15, 0.2) is 41.6 Å². The average molecular weight is 307 g/mol. The summed E-state index contributed by atoms with van der Waals surface area (Å²) in [7, 11) is -3.40. The molecule has 0 atom stereocenters. The molecule has 0 bridgehead atoms. The van der Waals surface area contributed by atoms with Crippen molar-refractivity contribution in [1.82, 2.24) is 14.5 Å². The van der Waals surface area contributed by atoms with Crippen LogP contribution in [0.25, 0.3) is 11.1 Å². The molecule has 5 nitrogen and oxygen atoms in total. The summed E-state index contributed by atoms with van der Waals surface area (Å²) in [4.78, 5) is 0.344. The summed E-state index contributed by atoms with van der Waals surface area (Å²) in [6.45, 7) is 5.08. The Labute approximate surface area is 126 Å². The molecule has 114 valence electrons. The predicted molar refractivity (Wildman–Crippen MR) is 83.4 cm³/mol. The monoisotopic (exact) mass is 307 g/mol. The van der Waals surface area contributed by atoms with E-state index in [1.54, 1.807) is 28.8 Å². The molecular formula is C15H21N3O2S. The summed E-state index contributed by atoms with van der Waals surface area (Å²) in [5.74, 6) is 0. The van der Waals surface area contributed by atoms with Crippen molar-refractivity contribution in [2.45, 2.75) is 31.6 Å². The zero-order valence-electron chi connectivity index (χ0n) is 12.4. The molecule has 0 saturated carbocycles. The number of hydrogen-bond acceptors (Lipinski definition) is 3. The SMILES string of the molecule is CCCN(CCC)S(=O)(=O)c1ccc(-c2cn[nH]c2)cc1. The third-order valence-corrected chi connectivity index (χ3v) is 5.18. The van der Waals surface area contributed by atoms with Crippen LogP contribution in [0.4, 0.5) is 0 Å². The highest BCUT2D eigenvalue weighted by atomic mass is 32.2. The van der Waals surface area contributed by atoms with Crippen molar-refractivity contribution in [2.24, 2.45) is 0 Å². The van der Waals surface area contributed by atoms with E-state index >= 15 is 0 Å². The summed E-state index contributed by atoms with van der Waals surface area (Å²) < 4.78 is 26.8. The van der Waals surface area contributed by atoms with Crippen LogP contribution in [0.3, 0.4) is 0 Å². The lowest BCUT2D eigenvalue weighted by atomic mass is 10.1. The molecule has 0 amide bonds. The minimum absolute atomic E-state index is 0.344. The zero-order valence-corrected chi connectivity index (χ0v) is 13.2. The number of aromatic amines is 1. The van der Waals surface area contributed by atoms with Crippen LogP contribution in [-0.2, 0) is 10.0 Å². The van der Waals surface area contributed by atoms with E-state index in [9.17, 15) is 8.42 Å². The van der Waals surface area contributed by atoms with E-state index in [0.717, 1.165) is 24.0 Å². The second-order valence-corrected chi connectivity index (χ2v) is 6.85. The third kappa shape index (κ3) is 3.51. The molecule has 1 N–H and O–H groups in total. The van der Waals surface area contributed by atoms with Crippen molar-refractivity contribution in [3.05, 3.63) is 36.7 Å². The Balaban J connectivity index is 2.27. The van der Waals surface area contributed by atoms with Crippen LogP contribution in [0.2, 0.25) is 0 Å². The lowest BCUT2D eigenvalue weighted by Crippen LogP contribution is -2.32. The lowest BCUT2D eigenvalue weighted by Gasteiger charge is -2.21. The molecule has 0 aliphatic rings. The first-order valence-corrected chi connectivity index (χ1v) is 8.63. The molecular weight excluding hydrogens is 286 g/mol. The average Bonchev–Trinajstić information content (AvgIpc) is 3.01. The van der Waals surface area contributed by atoms with Gasteiger partial charge >= 0.3 is 0 Å². The van der Waals surface area contributed by atoms with Crippen molar-refractivity contribution in [2.75, 3.05) is 13.1 Å². The van der Waals surface area contributed by atoms with Crippen LogP contribution >= 0.6 is 0 Å². The van der Waals surface area contributed by atoms with Crippen molar-refractivity contribution in [1.29, 1.82) is 0 Å². The fourth-order valence-corrected chi connectivity index (χ4v) is 3.85. The van der Waals surface area contributed by atoms with Crippen LogP contribution < -0.4 is 0 Å². The number of H-pyrrole nitrogens is 1. The van der Waals surface area contributed by atoms with Gasteiger partial charge in [0.05, 0.1) is 11.1 Å². The standard InChI is InChI=1S/C15H21N3O2S/c1-3-9-18(10-4-2)21(19,20)15-7-5-13(6-8-15)14-11-16-17-12-14/h5-8,11-12H,3-4,9-10H2,1-2H3,(H,16,17). The predicted octanol–water partition coefficient (Wildman–Crippen LogP) is 2.89. The summed E-state index contributed by atoms with van der Waals surface area (Å²) >= 11 is 0. The first kappa shape index (κ1) is 15.7. The Morgan fingerprint density at radius 3 is 2.14 bits per heavy atom. The Bertz CT molecular complexity index is 643. The van der Waals surface area contributed by atoms with Gasteiger partial charge in [-0.2, -0.15) is 9.40 Å².